The van der Waals surface area contributed by atoms with Crippen LogP contribution in [0.1, 0.15) is 5.56 Å². The SMILES string of the molecule is Cl.O=c1c(-n2ccnn2)c[nH]n1-c1cc(C(F)(F)F)ccn1. The lowest BCUT2D eigenvalue weighted by Crippen LogP contribution is -2.20. The Kier molecular flexibility index (Phi) is 4.04. The number of halogens is 4. The largest absolute Gasteiger partial charge is 0.416 e. The molecule has 0 saturated heterocycles. The van der Waals surface area contributed by atoms with Crippen LogP contribution in [0.5, 0.6) is 0 Å². The number of aromatic amines is 1. The molecule has 3 aromatic heterocycles. The normalized spacial score (nSPS) is 11.2. The predicted octanol–water partition coefficient (Wildman–Crippen LogP) is 1.58. The van der Waals surface area contributed by atoms with Gasteiger partial charge in [-0.1, -0.05) is 5.21 Å². The summed E-state index contributed by atoms with van der Waals surface area (Å²) in [5.41, 5.74) is -1.37. The first-order valence-corrected chi connectivity index (χ1v) is 5.67. The Morgan fingerprint density at radius 2 is 2.00 bits per heavy atom. The summed E-state index contributed by atoms with van der Waals surface area (Å²) in [4.78, 5) is 15.9. The first kappa shape index (κ1) is 15.8. The number of nitrogens with zero attached hydrogens (tertiary/aromatic N) is 5. The van der Waals surface area contributed by atoms with Crippen LogP contribution in [0.4, 0.5) is 13.2 Å². The van der Waals surface area contributed by atoms with E-state index in [1.807, 2.05) is 0 Å². The van der Waals surface area contributed by atoms with E-state index in [0.717, 1.165) is 23.0 Å². The summed E-state index contributed by atoms with van der Waals surface area (Å²) in [7, 11) is 0. The number of rotatable bonds is 2. The maximum absolute atomic E-state index is 12.7. The van der Waals surface area contributed by atoms with Crippen LogP contribution in [-0.2, 0) is 6.18 Å². The van der Waals surface area contributed by atoms with Crippen molar-refractivity contribution in [1.82, 2.24) is 29.8 Å². The average molecular weight is 333 g/mol. The third-order valence-corrected chi connectivity index (χ3v) is 2.72. The van der Waals surface area contributed by atoms with Gasteiger partial charge in [0.15, 0.2) is 11.5 Å². The molecule has 0 fully saturated rings. The number of aromatic nitrogens is 6. The molecule has 11 heteroatoms. The maximum atomic E-state index is 12.7. The molecule has 0 amide bonds. The van der Waals surface area contributed by atoms with E-state index in [0.29, 0.717) is 0 Å². The lowest BCUT2D eigenvalue weighted by molar-refractivity contribution is -0.137. The lowest BCUT2D eigenvalue weighted by atomic mass is 10.2. The molecule has 0 atom stereocenters. The van der Waals surface area contributed by atoms with Crippen LogP contribution in [0.3, 0.4) is 0 Å². The van der Waals surface area contributed by atoms with Crippen molar-refractivity contribution in [1.29, 1.82) is 0 Å². The fourth-order valence-electron chi connectivity index (χ4n) is 1.75. The molecule has 3 heterocycles. The number of pyridine rings is 1. The Morgan fingerprint density at radius 3 is 2.64 bits per heavy atom. The van der Waals surface area contributed by atoms with Crippen LogP contribution in [0.25, 0.3) is 11.5 Å². The van der Waals surface area contributed by atoms with Gasteiger partial charge in [0.1, 0.15) is 0 Å². The van der Waals surface area contributed by atoms with E-state index in [1.54, 1.807) is 0 Å². The molecule has 7 nitrogen and oxygen atoms in total. The van der Waals surface area contributed by atoms with E-state index in [-0.39, 0.29) is 23.9 Å². The van der Waals surface area contributed by atoms with Crippen molar-refractivity contribution in [2.45, 2.75) is 6.18 Å². The minimum atomic E-state index is -4.51. The Balaban J connectivity index is 0.00000176. The molecule has 3 aromatic rings. The van der Waals surface area contributed by atoms with E-state index < -0.39 is 17.3 Å². The standard InChI is InChI=1S/C11H7F3N6O.ClH/c12-11(13,14)7-1-2-15-9(5-7)20-10(21)8(6-17-20)19-4-3-16-18-19;/h1-6,17H;1H. The van der Waals surface area contributed by atoms with Gasteiger partial charge >= 0.3 is 6.18 Å². The smallest absolute Gasteiger partial charge is 0.295 e. The van der Waals surface area contributed by atoms with E-state index in [2.05, 4.69) is 20.4 Å². The zero-order valence-electron chi connectivity index (χ0n) is 10.7. The Bertz CT molecular complexity index is 823. The number of nitrogens with one attached hydrogen (secondary N) is 1. The van der Waals surface area contributed by atoms with Gasteiger partial charge in [-0.2, -0.15) is 17.9 Å². The van der Waals surface area contributed by atoms with E-state index in [9.17, 15) is 18.0 Å². The Hall–Kier alpha value is -2.62. The van der Waals surface area contributed by atoms with Gasteiger partial charge in [0.05, 0.1) is 24.2 Å². The van der Waals surface area contributed by atoms with Crippen molar-refractivity contribution in [3.8, 4) is 11.5 Å². The van der Waals surface area contributed by atoms with Crippen LogP contribution in [0.15, 0.2) is 41.7 Å². The average Bonchev–Trinajstić information content (AvgIpc) is 3.07. The van der Waals surface area contributed by atoms with Crippen LogP contribution in [-0.4, -0.2) is 29.8 Å². The summed E-state index contributed by atoms with van der Waals surface area (Å²) < 4.78 is 40.1. The van der Waals surface area contributed by atoms with Gasteiger partial charge in [0.25, 0.3) is 5.56 Å². The van der Waals surface area contributed by atoms with Gasteiger partial charge in [-0.3, -0.25) is 9.89 Å². The number of hydrogen-bond acceptors (Lipinski definition) is 4. The molecule has 0 bridgehead atoms. The van der Waals surface area contributed by atoms with Crippen LogP contribution < -0.4 is 5.56 Å². The lowest BCUT2D eigenvalue weighted by Gasteiger charge is -2.07. The van der Waals surface area contributed by atoms with Crippen molar-refractivity contribution in [3.05, 3.63) is 52.8 Å². The molecule has 0 aromatic carbocycles. The Morgan fingerprint density at radius 1 is 1.23 bits per heavy atom. The third kappa shape index (κ3) is 2.72. The first-order chi connectivity index (χ1) is 9.97. The molecule has 0 aliphatic carbocycles. The molecule has 0 radical (unpaired) electrons. The monoisotopic (exact) mass is 332 g/mol. The highest BCUT2D eigenvalue weighted by Gasteiger charge is 2.31. The summed E-state index contributed by atoms with van der Waals surface area (Å²) >= 11 is 0. The summed E-state index contributed by atoms with van der Waals surface area (Å²) in [6.45, 7) is 0. The minimum Gasteiger partial charge on any atom is -0.295 e. The maximum Gasteiger partial charge on any atom is 0.416 e. The van der Waals surface area contributed by atoms with Gasteiger partial charge in [-0.05, 0) is 12.1 Å². The summed E-state index contributed by atoms with van der Waals surface area (Å²) in [6.07, 6.45) is 0.593. The minimum absolute atomic E-state index is 0. The summed E-state index contributed by atoms with van der Waals surface area (Å²) in [5, 5.41) is 9.74. The molecule has 0 saturated carbocycles. The molecule has 0 spiro atoms. The predicted molar refractivity (Wildman–Crippen MR) is 71.4 cm³/mol. The zero-order valence-corrected chi connectivity index (χ0v) is 11.5. The van der Waals surface area contributed by atoms with Crippen LogP contribution in [0, 0.1) is 0 Å². The molecule has 0 aliphatic heterocycles. The van der Waals surface area contributed by atoms with E-state index in [1.165, 1.54) is 23.3 Å². The zero-order chi connectivity index (χ0) is 15.0. The summed E-state index contributed by atoms with van der Waals surface area (Å²) in [6, 6.07) is 1.61. The second-order valence-electron chi connectivity index (χ2n) is 4.05. The van der Waals surface area contributed by atoms with Gasteiger partial charge in [0, 0.05) is 6.20 Å². The topological polar surface area (TPSA) is 81.4 Å². The van der Waals surface area contributed by atoms with Crippen molar-refractivity contribution in [2.24, 2.45) is 0 Å². The van der Waals surface area contributed by atoms with Crippen LogP contribution in [0.2, 0.25) is 0 Å². The third-order valence-electron chi connectivity index (χ3n) is 2.72. The van der Waals surface area contributed by atoms with Crippen molar-refractivity contribution >= 4 is 12.4 Å². The molecular weight excluding hydrogens is 325 g/mol. The van der Waals surface area contributed by atoms with Crippen molar-refractivity contribution < 1.29 is 13.2 Å². The highest BCUT2D eigenvalue weighted by molar-refractivity contribution is 5.85. The number of hydrogen-bond donors (Lipinski definition) is 1. The fourth-order valence-corrected chi connectivity index (χ4v) is 1.75. The molecule has 3 rings (SSSR count). The second kappa shape index (κ2) is 5.64. The fraction of sp³-hybridized carbons (Fsp3) is 0.0909. The van der Waals surface area contributed by atoms with Gasteiger partial charge in [-0.15, -0.1) is 17.5 Å². The highest BCUT2D eigenvalue weighted by atomic mass is 35.5. The first-order valence-electron chi connectivity index (χ1n) is 5.67. The summed E-state index contributed by atoms with van der Waals surface area (Å²) in [5.74, 6) is -0.166. The quantitative estimate of drug-likeness (QED) is 0.772. The number of alkyl halides is 3. The van der Waals surface area contributed by atoms with E-state index >= 15 is 0 Å². The molecule has 1 N–H and O–H groups in total. The molecule has 0 unspecified atom stereocenters. The van der Waals surface area contributed by atoms with Gasteiger partial charge in [-0.25, -0.2) is 9.67 Å². The van der Waals surface area contributed by atoms with Crippen molar-refractivity contribution in [3.63, 3.8) is 0 Å². The van der Waals surface area contributed by atoms with Gasteiger partial charge in [0.2, 0.25) is 0 Å². The van der Waals surface area contributed by atoms with Crippen molar-refractivity contribution in [2.75, 3.05) is 0 Å². The second-order valence-corrected chi connectivity index (χ2v) is 4.05. The van der Waals surface area contributed by atoms with Gasteiger partial charge < -0.3 is 0 Å². The molecule has 116 valence electrons. The number of H-pyrrole nitrogens is 1. The molecular formula is C11H8ClF3N6O. The van der Waals surface area contributed by atoms with E-state index in [4.69, 9.17) is 0 Å². The molecule has 22 heavy (non-hydrogen) atoms. The van der Waals surface area contributed by atoms with Crippen LogP contribution >= 0.6 is 12.4 Å². The Labute approximate surface area is 126 Å². The molecule has 0 aliphatic rings. The highest BCUT2D eigenvalue weighted by Crippen LogP contribution is 2.29.